The van der Waals surface area contributed by atoms with Crippen LogP contribution >= 0.6 is 0 Å². The Morgan fingerprint density at radius 2 is 1.49 bits per heavy atom. The molecule has 188 valence electrons. The van der Waals surface area contributed by atoms with E-state index in [1.807, 2.05) is 0 Å². The van der Waals surface area contributed by atoms with Gasteiger partial charge >= 0.3 is 0 Å². The van der Waals surface area contributed by atoms with Crippen LogP contribution in [0.3, 0.4) is 0 Å². The normalized spacial score (nSPS) is 20.4. The smallest absolute Gasteiger partial charge is 0.184 e. The van der Waals surface area contributed by atoms with Gasteiger partial charge in [-0.1, -0.05) is 79.2 Å². The highest BCUT2D eigenvalue weighted by atomic mass is 28.3. The Balaban J connectivity index is 1.65. The first-order chi connectivity index (χ1) is 18.3. The molecule has 1 unspecified atom stereocenters. The third-order valence-electron chi connectivity index (χ3n) is 8.45. The van der Waals surface area contributed by atoms with Gasteiger partial charge in [-0.15, -0.1) is 0 Å². The highest BCUT2D eigenvalue weighted by Gasteiger charge is 2.49. The largest absolute Gasteiger partial charge is 0.372 e. The van der Waals surface area contributed by atoms with Crippen molar-refractivity contribution in [2.75, 3.05) is 31.1 Å². The van der Waals surface area contributed by atoms with E-state index in [0.717, 1.165) is 24.5 Å². The summed E-state index contributed by atoms with van der Waals surface area (Å²) in [7, 11) is -2.60. The zero-order chi connectivity index (χ0) is 25.2. The quantitative estimate of drug-likeness (QED) is 0.442. The molecular formula is C33H37N3Si. The van der Waals surface area contributed by atoms with Gasteiger partial charge in [-0.2, -0.15) is 0 Å². The molecule has 0 saturated carbocycles. The summed E-state index contributed by atoms with van der Waals surface area (Å²) < 4.78 is 0. The molecule has 3 aromatic carbocycles. The van der Waals surface area contributed by atoms with Gasteiger partial charge in [-0.05, 0) is 84.8 Å². The molecule has 1 saturated heterocycles. The van der Waals surface area contributed by atoms with Crippen LogP contribution in [0, 0.1) is 0 Å². The second-order valence-electron chi connectivity index (χ2n) is 10.4. The van der Waals surface area contributed by atoms with Crippen LogP contribution in [0.1, 0.15) is 33.1 Å². The van der Waals surface area contributed by atoms with Crippen molar-refractivity contribution in [3.8, 4) is 0 Å². The summed E-state index contributed by atoms with van der Waals surface area (Å²) in [6.45, 7) is 8.85. The number of nitrogens with zero attached hydrogens (tertiary/aromatic N) is 3. The highest BCUT2D eigenvalue weighted by molar-refractivity contribution is 7.19. The van der Waals surface area contributed by atoms with Crippen molar-refractivity contribution in [3.63, 3.8) is 0 Å². The molecule has 0 spiro atoms. The molecule has 0 bridgehead atoms. The molecule has 1 fully saturated rings. The maximum atomic E-state index is 5.30. The van der Waals surface area contributed by atoms with Gasteiger partial charge in [0.2, 0.25) is 0 Å². The number of benzene rings is 3. The monoisotopic (exact) mass is 503 g/mol. The average molecular weight is 504 g/mol. The summed E-state index contributed by atoms with van der Waals surface area (Å²) in [6, 6.07) is 30.0. The molecule has 37 heavy (non-hydrogen) atoms. The van der Waals surface area contributed by atoms with Crippen LogP contribution in [0.5, 0.6) is 0 Å². The lowest BCUT2D eigenvalue weighted by Gasteiger charge is -2.43. The van der Waals surface area contributed by atoms with Gasteiger partial charge in [0, 0.05) is 24.8 Å². The Kier molecular flexibility index (Phi) is 6.70. The Morgan fingerprint density at radius 3 is 2.11 bits per heavy atom. The lowest BCUT2D eigenvalue weighted by atomic mass is 10.0. The predicted octanol–water partition coefficient (Wildman–Crippen LogP) is 4.98. The molecule has 3 aliphatic rings. The van der Waals surface area contributed by atoms with E-state index in [0.29, 0.717) is 6.04 Å². The first kappa shape index (κ1) is 24.1. The van der Waals surface area contributed by atoms with E-state index < -0.39 is 8.07 Å². The number of allylic oxidation sites excluding steroid dienone is 2. The van der Waals surface area contributed by atoms with Gasteiger partial charge in [-0.3, -0.25) is 4.90 Å². The van der Waals surface area contributed by atoms with Crippen LogP contribution in [0.2, 0.25) is 0 Å². The molecule has 2 aliphatic heterocycles. The topological polar surface area (TPSA) is 18.8 Å². The van der Waals surface area contributed by atoms with Crippen molar-refractivity contribution in [2.24, 2.45) is 4.99 Å². The van der Waals surface area contributed by atoms with Gasteiger partial charge in [0.25, 0.3) is 0 Å². The molecule has 2 heterocycles. The van der Waals surface area contributed by atoms with E-state index in [9.17, 15) is 0 Å². The molecule has 0 amide bonds. The van der Waals surface area contributed by atoms with Crippen molar-refractivity contribution in [1.29, 1.82) is 0 Å². The average Bonchev–Trinajstić information content (AvgIpc) is 2.98. The maximum Gasteiger partial charge on any atom is 0.184 e. The molecule has 6 rings (SSSR count). The van der Waals surface area contributed by atoms with Gasteiger partial charge in [0.1, 0.15) is 0 Å². The fraction of sp³-hybridized carbons (Fsp3) is 0.303. The van der Waals surface area contributed by atoms with E-state index in [-0.39, 0.29) is 0 Å². The zero-order valence-electron chi connectivity index (χ0n) is 22.1. The Bertz CT molecular complexity index is 1290. The third kappa shape index (κ3) is 4.13. The lowest BCUT2D eigenvalue weighted by molar-refractivity contribution is 0.215. The van der Waals surface area contributed by atoms with E-state index in [1.54, 1.807) is 0 Å². The first-order valence-electron chi connectivity index (χ1n) is 14.0. The zero-order valence-corrected chi connectivity index (χ0v) is 23.1. The van der Waals surface area contributed by atoms with E-state index in [1.165, 1.54) is 58.8 Å². The number of piperidine rings is 1. The predicted molar refractivity (Wildman–Crippen MR) is 161 cm³/mol. The number of aliphatic imine (C=N–C) groups is 1. The standard InChI is InChI=1S/C33H37N3Si/c1-3-35(4-2)26-18-20-30-32(24-26)37(28-14-8-5-9-15-28,29-16-10-6-11-17-29)33-25-27(19-21-31(33)34-30)36-22-12-7-13-23-36/h5-6,8-11,14-21,24-25,27H,3-4,7,12-13,22-23H2,1-2H3. The van der Waals surface area contributed by atoms with Gasteiger partial charge in [-0.25, -0.2) is 4.99 Å². The maximum absolute atomic E-state index is 5.30. The van der Waals surface area contributed by atoms with Gasteiger partial charge < -0.3 is 4.90 Å². The number of hydrogen-bond donors (Lipinski definition) is 0. The molecule has 0 N–H and O–H groups in total. The Labute approximate surface area is 222 Å². The van der Waals surface area contributed by atoms with Crippen LogP contribution in [0.15, 0.2) is 107 Å². The van der Waals surface area contributed by atoms with Crippen LogP contribution < -0.4 is 20.5 Å². The van der Waals surface area contributed by atoms with Crippen LogP contribution in [0.4, 0.5) is 11.4 Å². The molecule has 0 aromatic heterocycles. The van der Waals surface area contributed by atoms with Crippen molar-refractivity contribution in [2.45, 2.75) is 39.2 Å². The summed E-state index contributed by atoms with van der Waals surface area (Å²) >= 11 is 0. The summed E-state index contributed by atoms with van der Waals surface area (Å²) in [5, 5.41) is 5.74. The highest BCUT2D eigenvalue weighted by Crippen LogP contribution is 2.34. The second-order valence-corrected chi connectivity index (χ2v) is 14.1. The van der Waals surface area contributed by atoms with Crippen LogP contribution in [-0.4, -0.2) is 50.9 Å². The molecule has 1 atom stereocenters. The third-order valence-corrected chi connectivity index (χ3v) is 13.3. The first-order valence-corrected chi connectivity index (χ1v) is 16.0. The minimum atomic E-state index is -2.60. The summed E-state index contributed by atoms with van der Waals surface area (Å²) in [5.41, 5.74) is 3.57. The van der Waals surface area contributed by atoms with Gasteiger partial charge in [0.05, 0.1) is 11.4 Å². The fourth-order valence-electron chi connectivity index (χ4n) is 6.60. The van der Waals surface area contributed by atoms with E-state index in [2.05, 4.69) is 121 Å². The number of anilines is 1. The van der Waals surface area contributed by atoms with Crippen molar-refractivity contribution < 1.29 is 0 Å². The number of likely N-dealkylation sites (tertiary alicyclic amines) is 1. The van der Waals surface area contributed by atoms with Gasteiger partial charge in [0.15, 0.2) is 8.07 Å². The minimum absolute atomic E-state index is 0.334. The lowest BCUT2D eigenvalue weighted by Crippen LogP contribution is -2.71. The molecular weight excluding hydrogens is 466 g/mol. The molecule has 1 aliphatic carbocycles. The second kappa shape index (κ2) is 10.3. The number of hydrogen-bond acceptors (Lipinski definition) is 3. The van der Waals surface area contributed by atoms with Crippen molar-refractivity contribution in [1.82, 2.24) is 4.90 Å². The van der Waals surface area contributed by atoms with Crippen LogP contribution in [-0.2, 0) is 0 Å². The number of rotatable bonds is 6. The summed E-state index contributed by atoms with van der Waals surface area (Å²) in [5.74, 6) is 0. The summed E-state index contributed by atoms with van der Waals surface area (Å²) in [4.78, 5) is 10.4. The fourth-order valence-corrected chi connectivity index (χ4v) is 11.7. The SMILES string of the molecule is CCN(CC)c1ccc2c(c1)[Si](c1ccccc1)(c1ccccc1)C1=CC(N3CCCCC3)C=CC1=N2. The van der Waals surface area contributed by atoms with E-state index in [4.69, 9.17) is 4.99 Å². The molecule has 0 radical (unpaired) electrons. The Hall–Kier alpha value is -3.21. The molecule has 3 aromatic rings. The number of fused-ring (bicyclic) bond motifs is 2. The van der Waals surface area contributed by atoms with Crippen molar-refractivity contribution in [3.05, 3.63) is 102 Å². The summed E-state index contributed by atoms with van der Waals surface area (Å²) in [6.07, 6.45) is 11.2. The van der Waals surface area contributed by atoms with E-state index >= 15 is 0 Å². The van der Waals surface area contributed by atoms with Crippen LogP contribution in [0.25, 0.3) is 0 Å². The minimum Gasteiger partial charge on any atom is -0.372 e. The molecule has 3 nitrogen and oxygen atoms in total. The van der Waals surface area contributed by atoms with Crippen molar-refractivity contribution >= 4 is 40.7 Å². The molecule has 4 heteroatoms. The Morgan fingerprint density at radius 1 is 0.838 bits per heavy atom.